The Kier molecular flexibility index (Phi) is 11.3. The van der Waals surface area contributed by atoms with Gasteiger partial charge in [-0.3, -0.25) is 9.54 Å². The Balaban J connectivity index is 0.00000288. The number of aromatic hydroxyl groups is 1. The molecule has 5 rings (SSSR count). The van der Waals surface area contributed by atoms with Crippen LogP contribution in [0.3, 0.4) is 0 Å². The van der Waals surface area contributed by atoms with Crippen LogP contribution in [0.5, 0.6) is 11.5 Å². The van der Waals surface area contributed by atoms with Gasteiger partial charge in [-0.15, -0.1) is 15.3 Å². The predicted octanol–water partition coefficient (Wildman–Crippen LogP) is -1.56. The summed E-state index contributed by atoms with van der Waals surface area (Å²) in [6, 6.07) is 10.7. The molecule has 0 unspecified atom stereocenters. The van der Waals surface area contributed by atoms with Crippen LogP contribution in [0.25, 0.3) is 21.5 Å². The van der Waals surface area contributed by atoms with Crippen molar-refractivity contribution < 1.29 is 105 Å². The van der Waals surface area contributed by atoms with Crippen molar-refractivity contribution in [3.63, 3.8) is 0 Å². The Morgan fingerprint density at radius 2 is 1.39 bits per heavy atom. The number of nitrogens with zero attached hydrogens (tertiary/aromatic N) is 5. The van der Waals surface area contributed by atoms with E-state index in [2.05, 4.69) is 25.4 Å². The van der Waals surface area contributed by atoms with Gasteiger partial charge in [0.05, 0.1) is 28.0 Å². The maximum Gasteiger partial charge on any atom is 1.00 e. The first-order chi connectivity index (χ1) is 20.6. The quantitative estimate of drug-likeness (QED) is 0.0656. The van der Waals surface area contributed by atoms with Crippen LogP contribution in [0.4, 0.5) is 28.4 Å². The smallest absolute Gasteiger partial charge is 0.871 e. The van der Waals surface area contributed by atoms with Crippen LogP contribution in [0.1, 0.15) is 10.4 Å². The zero-order valence-corrected chi connectivity index (χ0v) is 29.3. The largest absolute Gasteiger partial charge is 1.00 e. The van der Waals surface area contributed by atoms with Gasteiger partial charge in [-0.25, -0.2) is 13.2 Å². The molecule has 5 N–H and O–H groups in total. The molecule has 5 aromatic rings. The predicted molar refractivity (Wildman–Crippen MR) is 151 cm³/mol. The summed E-state index contributed by atoms with van der Waals surface area (Å²) in [5.41, 5.74) is 4.06. The maximum absolute atomic E-state index is 13.0. The second-order valence-corrected chi connectivity index (χ2v) is 11.8. The number of nitrogens with two attached hydrogens (primary N) is 1. The van der Waals surface area contributed by atoms with E-state index in [-0.39, 0.29) is 103 Å². The van der Waals surface area contributed by atoms with E-state index in [0.29, 0.717) is 0 Å². The monoisotopic (exact) mass is 682 g/mol. The molecule has 0 atom stereocenters. The summed E-state index contributed by atoms with van der Waals surface area (Å²) in [5.74, 6) is -2.95. The van der Waals surface area contributed by atoms with E-state index in [1.54, 1.807) is 0 Å². The number of rotatable bonds is 7. The Morgan fingerprint density at radius 1 is 0.783 bits per heavy atom. The maximum atomic E-state index is 13.0. The van der Waals surface area contributed by atoms with E-state index in [4.69, 9.17) is 10.8 Å². The first-order valence-electron chi connectivity index (χ1n) is 11.9. The molecule has 0 aliphatic carbocycles. The van der Waals surface area contributed by atoms with Gasteiger partial charge in [-0.1, -0.05) is 11.8 Å². The van der Waals surface area contributed by atoms with E-state index < -0.39 is 58.9 Å². The van der Waals surface area contributed by atoms with Crippen LogP contribution >= 0.6 is 0 Å². The SMILES string of the molecule is Nc1ccc2c([O-])c(N=Nc3ccc4c(O)c(N=Nc5cncc(C(=O)O)c5)c(S(=O)(=O)O)cc4c3)c(S(=O)(=O)[O-])cc2c1.[Na+].[Na+]. The van der Waals surface area contributed by atoms with Gasteiger partial charge in [-0.2, -0.15) is 13.5 Å². The molecule has 0 spiro atoms. The van der Waals surface area contributed by atoms with Gasteiger partial charge in [0.15, 0.2) is 5.75 Å². The van der Waals surface area contributed by atoms with Crippen LogP contribution in [-0.2, 0) is 20.2 Å². The second-order valence-electron chi connectivity index (χ2n) is 9.08. The minimum atomic E-state index is -5.19. The fourth-order valence-corrected chi connectivity index (χ4v) is 5.45. The van der Waals surface area contributed by atoms with Gasteiger partial charge in [0.25, 0.3) is 10.1 Å². The van der Waals surface area contributed by atoms with Crippen molar-refractivity contribution in [2.45, 2.75) is 9.79 Å². The third-order valence-electron chi connectivity index (χ3n) is 6.14. The number of phenolic OH excluding ortho intramolecular Hbond substituents is 1. The number of azo groups is 2. The number of fused-ring (bicyclic) bond motifs is 2. The number of carbonyl (C=O) groups is 1. The number of pyridine rings is 1. The third kappa shape index (κ3) is 7.69. The minimum Gasteiger partial charge on any atom is -0.871 e. The number of aromatic carboxylic acids is 1. The first kappa shape index (κ1) is 36.9. The zero-order chi connectivity index (χ0) is 32.0. The van der Waals surface area contributed by atoms with Crippen LogP contribution < -0.4 is 70.0 Å². The van der Waals surface area contributed by atoms with Crippen LogP contribution in [0, 0.1) is 0 Å². The number of carboxylic acid groups (broad SMARTS) is 1. The average Bonchev–Trinajstić information content (AvgIpc) is 2.94. The molecule has 224 valence electrons. The molecule has 16 nitrogen and oxygen atoms in total. The summed E-state index contributed by atoms with van der Waals surface area (Å²) >= 11 is 0. The molecular weight excluding hydrogens is 666 g/mol. The summed E-state index contributed by atoms with van der Waals surface area (Å²) in [7, 11) is -10.2. The molecule has 0 radical (unpaired) electrons. The molecule has 1 aromatic heterocycles. The number of aromatic nitrogens is 1. The van der Waals surface area contributed by atoms with Crippen molar-refractivity contribution >= 4 is 76.2 Å². The molecule has 4 aromatic carbocycles. The van der Waals surface area contributed by atoms with E-state index in [1.165, 1.54) is 36.4 Å². The number of hydrogen-bond acceptors (Lipinski definition) is 14. The second kappa shape index (κ2) is 14.1. The summed E-state index contributed by atoms with van der Waals surface area (Å²) in [6.07, 6.45) is 2.17. The minimum absolute atomic E-state index is 0. The molecule has 0 saturated heterocycles. The fraction of sp³-hybridized carbons (Fsp3) is 0. The number of anilines is 1. The van der Waals surface area contributed by atoms with Crippen LogP contribution in [-0.4, -0.2) is 47.1 Å². The number of benzene rings is 4. The zero-order valence-electron chi connectivity index (χ0n) is 23.7. The fourth-order valence-electron chi connectivity index (χ4n) is 4.15. The molecule has 0 fully saturated rings. The molecule has 0 saturated carbocycles. The molecule has 20 heteroatoms. The average molecular weight is 683 g/mol. The normalized spacial score (nSPS) is 12.0. The van der Waals surface area contributed by atoms with E-state index in [0.717, 1.165) is 30.6 Å². The van der Waals surface area contributed by atoms with Crippen molar-refractivity contribution in [2.24, 2.45) is 20.5 Å². The van der Waals surface area contributed by atoms with Gasteiger partial charge < -0.3 is 25.6 Å². The molecule has 1 heterocycles. The summed E-state index contributed by atoms with van der Waals surface area (Å²) in [5, 5.41) is 48.0. The molecular formula is C26H16N6Na2O10S2. The van der Waals surface area contributed by atoms with Crippen LogP contribution in [0.2, 0.25) is 0 Å². The molecule has 46 heavy (non-hydrogen) atoms. The van der Waals surface area contributed by atoms with E-state index in [1.807, 2.05) is 0 Å². The third-order valence-corrected chi connectivity index (χ3v) is 7.86. The number of hydrogen-bond donors (Lipinski definition) is 4. The van der Waals surface area contributed by atoms with Crippen molar-refractivity contribution in [1.82, 2.24) is 4.98 Å². The Bertz CT molecular complexity index is 2320. The summed E-state index contributed by atoms with van der Waals surface area (Å²) in [6.45, 7) is 0. The van der Waals surface area contributed by atoms with Gasteiger partial charge >= 0.3 is 65.1 Å². The van der Waals surface area contributed by atoms with Gasteiger partial charge in [0.1, 0.15) is 26.4 Å². The number of carboxylic acids is 1. The molecule has 0 bridgehead atoms. The van der Waals surface area contributed by atoms with E-state index >= 15 is 0 Å². The van der Waals surface area contributed by atoms with Gasteiger partial charge in [0, 0.05) is 17.3 Å². The number of nitrogen functional groups attached to an aromatic ring is 1. The van der Waals surface area contributed by atoms with Gasteiger partial charge in [-0.05, 0) is 64.7 Å². The Hall–Kier alpha value is -3.56. The molecule has 0 aliphatic rings. The van der Waals surface area contributed by atoms with Gasteiger partial charge in [0.2, 0.25) is 0 Å². The van der Waals surface area contributed by atoms with E-state index in [9.17, 15) is 40.9 Å². The molecule has 0 aliphatic heterocycles. The van der Waals surface area contributed by atoms with Crippen molar-refractivity contribution in [3.8, 4) is 11.5 Å². The Labute approximate surface area is 303 Å². The van der Waals surface area contributed by atoms with Crippen molar-refractivity contribution in [2.75, 3.05) is 5.73 Å². The standard InChI is InChI=1S/C26H18N6O10S2.2Na/c27-15-1-3-18-12(5-15)8-20(43(37,38)39)22(24(18)33)31-29-16-2-4-19-13(6-16)9-21(44(40,41)42)23(25(19)34)32-30-17-7-14(26(35)36)10-28-11-17;;/h1-11,33-34H,27H2,(H,35,36)(H,37,38,39)(H,40,41,42);;/q;2*+1/p-2. The summed E-state index contributed by atoms with van der Waals surface area (Å²) < 4.78 is 70.0. The molecule has 0 amide bonds. The first-order valence-corrected chi connectivity index (χ1v) is 14.8. The van der Waals surface area contributed by atoms with Crippen molar-refractivity contribution in [1.29, 1.82) is 0 Å². The topological polar surface area (TPSA) is 281 Å². The number of phenols is 1. The summed E-state index contributed by atoms with van der Waals surface area (Å²) in [4.78, 5) is 13.1. The van der Waals surface area contributed by atoms with Crippen molar-refractivity contribution in [3.05, 3.63) is 72.6 Å². The van der Waals surface area contributed by atoms with Crippen LogP contribution in [0.15, 0.2) is 97.2 Å². The Morgan fingerprint density at radius 3 is 2.04 bits per heavy atom.